The van der Waals surface area contributed by atoms with Crippen molar-refractivity contribution in [3.8, 4) is 0 Å². The number of benzene rings is 1. The van der Waals surface area contributed by atoms with Crippen molar-refractivity contribution < 1.29 is 4.74 Å². The molecule has 0 aliphatic carbocycles. The first-order chi connectivity index (χ1) is 13.2. The third-order valence-corrected chi connectivity index (χ3v) is 6.82. The molecule has 2 N–H and O–H groups in total. The smallest absolute Gasteiger partial charge is 0.191 e. The molecule has 2 saturated heterocycles. The Labute approximate surface area is 168 Å². The number of ether oxygens (including phenoxy) is 1. The predicted molar refractivity (Wildman–Crippen MR) is 116 cm³/mol. The maximum atomic E-state index is 5.57. The molecule has 0 saturated carbocycles. The lowest BCUT2D eigenvalue weighted by atomic mass is 9.96. The van der Waals surface area contributed by atoms with Crippen LogP contribution in [0.25, 0.3) is 0 Å². The molecule has 150 valence electrons. The number of hydrogen-bond donors (Lipinski definition) is 2. The summed E-state index contributed by atoms with van der Waals surface area (Å²) in [4.78, 5) is 7.63. The van der Waals surface area contributed by atoms with Crippen LogP contribution < -0.4 is 10.6 Å². The van der Waals surface area contributed by atoms with Crippen molar-refractivity contribution in [3.63, 3.8) is 0 Å². The van der Waals surface area contributed by atoms with E-state index in [0.29, 0.717) is 5.92 Å². The van der Waals surface area contributed by atoms with Crippen LogP contribution in [-0.2, 0) is 4.74 Å². The van der Waals surface area contributed by atoms with Crippen LogP contribution in [0.2, 0.25) is 0 Å². The summed E-state index contributed by atoms with van der Waals surface area (Å²) in [7, 11) is 0. The summed E-state index contributed by atoms with van der Waals surface area (Å²) in [6.07, 6.45) is 1.22. The first-order valence-electron chi connectivity index (χ1n) is 10.2. The standard InChI is InChI=1S/C21H34N4OS/c1-3-22-20(23-15-18(2)19-7-5-4-6-8-19)24-16-21(9-14-27-17-21)25-10-12-26-13-11-25/h4-8,18H,3,9-17H2,1-2H3,(H2,22,23,24). The van der Waals surface area contributed by atoms with Gasteiger partial charge in [-0.2, -0.15) is 11.8 Å². The molecule has 2 aliphatic rings. The van der Waals surface area contributed by atoms with E-state index in [-0.39, 0.29) is 5.54 Å². The fourth-order valence-corrected chi connectivity index (χ4v) is 5.29. The minimum atomic E-state index is 0.196. The molecular formula is C21H34N4OS. The Balaban J connectivity index is 1.61. The van der Waals surface area contributed by atoms with Crippen molar-refractivity contribution in [1.82, 2.24) is 15.5 Å². The van der Waals surface area contributed by atoms with Gasteiger partial charge >= 0.3 is 0 Å². The lowest BCUT2D eigenvalue weighted by Crippen LogP contribution is -2.56. The van der Waals surface area contributed by atoms with Gasteiger partial charge in [0.05, 0.1) is 25.3 Å². The van der Waals surface area contributed by atoms with Crippen LogP contribution in [0.1, 0.15) is 31.7 Å². The van der Waals surface area contributed by atoms with E-state index in [2.05, 4.69) is 71.5 Å². The fraction of sp³-hybridized carbons (Fsp3) is 0.667. The van der Waals surface area contributed by atoms with E-state index < -0.39 is 0 Å². The molecule has 2 heterocycles. The first kappa shape index (κ1) is 20.5. The second-order valence-electron chi connectivity index (χ2n) is 7.51. The largest absolute Gasteiger partial charge is 0.379 e. The molecule has 27 heavy (non-hydrogen) atoms. The van der Waals surface area contributed by atoms with Crippen molar-refractivity contribution in [3.05, 3.63) is 35.9 Å². The Bertz CT molecular complexity index is 583. The summed E-state index contributed by atoms with van der Waals surface area (Å²) in [5.41, 5.74) is 1.56. The number of rotatable bonds is 7. The zero-order valence-corrected chi connectivity index (χ0v) is 17.6. The molecule has 2 fully saturated rings. The Morgan fingerprint density at radius 1 is 1.26 bits per heavy atom. The minimum absolute atomic E-state index is 0.196. The SMILES string of the molecule is CCNC(=NCC1(N2CCOCC2)CCSC1)NCC(C)c1ccccc1. The number of hydrogen-bond acceptors (Lipinski definition) is 4. The predicted octanol–water partition coefficient (Wildman–Crippen LogP) is 2.55. The van der Waals surface area contributed by atoms with Gasteiger partial charge in [-0.05, 0) is 30.6 Å². The molecule has 2 atom stereocenters. The second-order valence-corrected chi connectivity index (χ2v) is 8.62. The van der Waals surface area contributed by atoms with Crippen molar-refractivity contribution >= 4 is 17.7 Å². The molecule has 1 aromatic carbocycles. The number of aliphatic imine (C=N–C) groups is 1. The summed E-state index contributed by atoms with van der Waals surface area (Å²) >= 11 is 2.06. The van der Waals surface area contributed by atoms with Crippen LogP contribution in [0, 0.1) is 0 Å². The summed E-state index contributed by atoms with van der Waals surface area (Å²) in [6, 6.07) is 10.7. The van der Waals surface area contributed by atoms with Gasteiger partial charge in [0.1, 0.15) is 0 Å². The highest BCUT2D eigenvalue weighted by Crippen LogP contribution is 2.34. The zero-order chi connectivity index (χ0) is 19.0. The Morgan fingerprint density at radius 3 is 2.70 bits per heavy atom. The average molecular weight is 391 g/mol. The van der Waals surface area contributed by atoms with E-state index in [9.17, 15) is 0 Å². The lowest BCUT2D eigenvalue weighted by Gasteiger charge is -2.42. The highest BCUT2D eigenvalue weighted by Gasteiger charge is 2.40. The second kappa shape index (κ2) is 10.3. The quantitative estimate of drug-likeness (QED) is 0.554. The van der Waals surface area contributed by atoms with E-state index in [1.54, 1.807) is 0 Å². The molecule has 0 spiro atoms. The molecule has 0 amide bonds. The van der Waals surface area contributed by atoms with Crippen molar-refractivity contribution in [1.29, 1.82) is 0 Å². The molecule has 3 rings (SSSR count). The van der Waals surface area contributed by atoms with E-state index in [1.807, 2.05) is 0 Å². The maximum Gasteiger partial charge on any atom is 0.191 e. The number of nitrogens with zero attached hydrogens (tertiary/aromatic N) is 2. The molecule has 0 bridgehead atoms. The van der Waals surface area contributed by atoms with E-state index >= 15 is 0 Å². The van der Waals surface area contributed by atoms with Gasteiger partial charge in [0.2, 0.25) is 0 Å². The topological polar surface area (TPSA) is 48.9 Å². The monoisotopic (exact) mass is 390 g/mol. The molecule has 0 radical (unpaired) electrons. The van der Waals surface area contributed by atoms with Gasteiger partial charge in [-0.1, -0.05) is 37.3 Å². The summed E-state index contributed by atoms with van der Waals surface area (Å²) in [6.45, 7) is 10.8. The summed E-state index contributed by atoms with van der Waals surface area (Å²) in [5.74, 6) is 3.80. The average Bonchev–Trinajstić information content (AvgIpc) is 3.21. The van der Waals surface area contributed by atoms with Crippen LogP contribution in [0.5, 0.6) is 0 Å². The third kappa shape index (κ3) is 5.62. The Morgan fingerprint density at radius 2 is 2.04 bits per heavy atom. The van der Waals surface area contributed by atoms with Gasteiger partial charge in [0, 0.05) is 31.9 Å². The van der Waals surface area contributed by atoms with Crippen LogP contribution >= 0.6 is 11.8 Å². The number of nitrogens with one attached hydrogen (secondary N) is 2. The first-order valence-corrected chi connectivity index (χ1v) is 11.4. The van der Waals surface area contributed by atoms with Crippen molar-refractivity contribution in [2.24, 2.45) is 4.99 Å². The Hall–Kier alpha value is -1.24. The lowest BCUT2D eigenvalue weighted by molar-refractivity contribution is -0.0104. The van der Waals surface area contributed by atoms with Gasteiger partial charge in [0.15, 0.2) is 5.96 Å². The molecule has 1 aromatic rings. The van der Waals surface area contributed by atoms with Gasteiger partial charge < -0.3 is 15.4 Å². The molecular weight excluding hydrogens is 356 g/mol. The molecule has 6 heteroatoms. The number of thioether (sulfide) groups is 1. The normalized spacial score (nSPS) is 25.3. The van der Waals surface area contributed by atoms with Crippen LogP contribution in [0.15, 0.2) is 35.3 Å². The highest BCUT2D eigenvalue weighted by atomic mass is 32.2. The van der Waals surface area contributed by atoms with Crippen LogP contribution in [0.4, 0.5) is 0 Å². The van der Waals surface area contributed by atoms with Gasteiger partial charge in [-0.15, -0.1) is 0 Å². The van der Waals surface area contributed by atoms with Gasteiger partial charge in [-0.3, -0.25) is 9.89 Å². The highest BCUT2D eigenvalue weighted by molar-refractivity contribution is 7.99. The van der Waals surface area contributed by atoms with E-state index in [4.69, 9.17) is 9.73 Å². The fourth-order valence-electron chi connectivity index (χ4n) is 3.83. The van der Waals surface area contributed by atoms with Gasteiger partial charge in [0.25, 0.3) is 0 Å². The van der Waals surface area contributed by atoms with E-state index in [1.165, 1.54) is 23.5 Å². The summed E-state index contributed by atoms with van der Waals surface area (Å²) < 4.78 is 5.57. The number of guanidine groups is 1. The third-order valence-electron chi connectivity index (χ3n) is 5.58. The molecule has 2 aliphatic heterocycles. The van der Waals surface area contributed by atoms with E-state index in [0.717, 1.165) is 51.9 Å². The van der Waals surface area contributed by atoms with Crippen molar-refractivity contribution in [2.75, 3.05) is 57.4 Å². The van der Waals surface area contributed by atoms with Gasteiger partial charge in [-0.25, -0.2) is 0 Å². The number of morpholine rings is 1. The minimum Gasteiger partial charge on any atom is -0.379 e. The molecule has 0 aromatic heterocycles. The zero-order valence-electron chi connectivity index (χ0n) is 16.7. The Kier molecular flexibility index (Phi) is 7.85. The van der Waals surface area contributed by atoms with Crippen molar-refractivity contribution in [2.45, 2.75) is 31.7 Å². The molecule has 5 nitrogen and oxygen atoms in total. The molecule has 2 unspecified atom stereocenters. The van der Waals surface area contributed by atoms with Crippen LogP contribution in [0.3, 0.4) is 0 Å². The summed E-state index contributed by atoms with van der Waals surface area (Å²) in [5, 5.41) is 6.97. The van der Waals surface area contributed by atoms with Crippen LogP contribution in [-0.4, -0.2) is 73.8 Å². The maximum absolute atomic E-state index is 5.57.